The molecule has 10 nitrogen and oxygen atoms in total. The Labute approximate surface area is 844 Å². The highest BCUT2D eigenvalue weighted by molar-refractivity contribution is 5.91. The lowest BCUT2D eigenvalue weighted by Crippen LogP contribution is -2.43. The van der Waals surface area contributed by atoms with E-state index in [4.69, 9.17) is 49.8 Å². The molecule has 4 aromatic heterocycles. The smallest absolute Gasteiger partial charge is 0.165 e. The Bertz CT molecular complexity index is 8200. The SMILES string of the molecule is CC1(C)c2ccc(-c3cccc(-c4ccccc4)c3)cc2-c2ccc(-c3ccccc3-c3nc(-c4ccccc4)nc(-c4ccccc4)n3)cc2C1(C)C.CC1(C)c2ccc(-c3cccc(-c4ccccc4)c3)cc2-c2ccc(-c3nc(-c4ccccc4)nc(-c4ccccc4)n3)cc2C1(C)C.CC1(C)c2ccccc2-c2ccc(-c3ccc(-c4nc(-c5ccccc5)nc(-c5ccccc5)n4)cn3)cc2C1(C)C. The molecule has 0 saturated heterocycles. The quantitative estimate of drug-likeness (QED) is 0.0978. The van der Waals surface area contributed by atoms with E-state index in [0.29, 0.717) is 52.4 Å². The van der Waals surface area contributed by atoms with Crippen LogP contribution in [0, 0.1) is 0 Å². The van der Waals surface area contributed by atoms with Crippen molar-refractivity contribution in [2.45, 2.75) is 116 Å². The minimum absolute atomic E-state index is 0.0158. The Kier molecular flexibility index (Phi) is 23.9. The van der Waals surface area contributed by atoms with Gasteiger partial charge in [0.1, 0.15) is 0 Å². The lowest BCUT2D eigenvalue weighted by atomic mass is 9.55. The average molecular weight is 1860 g/mol. The van der Waals surface area contributed by atoms with E-state index < -0.39 is 0 Å². The van der Waals surface area contributed by atoms with Gasteiger partial charge in [-0.15, -0.1) is 0 Å². The third-order valence-corrected chi connectivity index (χ3v) is 31.4. The number of fused-ring (bicyclic) bond motifs is 9. The van der Waals surface area contributed by atoms with E-state index in [-0.39, 0.29) is 32.5 Å². The first-order valence-electron chi connectivity index (χ1n) is 49.7. The summed E-state index contributed by atoms with van der Waals surface area (Å²) < 4.78 is 0. The summed E-state index contributed by atoms with van der Waals surface area (Å²) in [6, 6.07) is 156. The van der Waals surface area contributed by atoms with Crippen molar-refractivity contribution in [2.75, 3.05) is 0 Å². The first-order chi connectivity index (χ1) is 69.9. The Balaban J connectivity index is 0.000000124. The summed E-state index contributed by atoms with van der Waals surface area (Å²) in [4.78, 5) is 49.5. The van der Waals surface area contributed by atoms with E-state index in [2.05, 4.69) is 392 Å². The maximum atomic E-state index is 5.10. The lowest BCUT2D eigenvalue weighted by molar-refractivity contribution is 0.299. The van der Waals surface area contributed by atoms with Crippen LogP contribution in [0.1, 0.15) is 116 Å². The van der Waals surface area contributed by atoms with Gasteiger partial charge < -0.3 is 0 Å². The van der Waals surface area contributed by atoms with Crippen LogP contribution < -0.4 is 0 Å². The van der Waals surface area contributed by atoms with Gasteiger partial charge >= 0.3 is 0 Å². The summed E-state index contributed by atoms with van der Waals surface area (Å²) >= 11 is 0. The van der Waals surface area contributed by atoms with Crippen LogP contribution in [0.4, 0.5) is 0 Å². The van der Waals surface area contributed by atoms with Crippen molar-refractivity contribution in [1.29, 1.82) is 0 Å². The second-order valence-corrected chi connectivity index (χ2v) is 41.1. The van der Waals surface area contributed by atoms with Crippen molar-refractivity contribution in [3.8, 4) is 203 Å². The topological polar surface area (TPSA) is 129 Å². The zero-order valence-corrected chi connectivity index (χ0v) is 83.2. The molecule has 0 aliphatic heterocycles. The number of benzene rings is 17. The van der Waals surface area contributed by atoms with E-state index in [1.54, 1.807) is 0 Å². The Morgan fingerprint density at radius 2 is 0.354 bits per heavy atom. The highest BCUT2D eigenvalue weighted by atomic mass is 15.1. The molecule has 24 rings (SSSR count). The number of pyridine rings is 1. The molecule has 3 aliphatic carbocycles. The molecule has 0 atom stereocenters. The molecule has 0 amide bonds. The molecule has 0 fully saturated rings. The fraction of sp³-hybridized carbons (Fsp3) is 0.134. The van der Waals surface area contributed by atoms with Crippen LogP contribution in [0.25, 0.3) is 203 Å². The summed E-state index contributed by atoms with van der Waals surface area (Å²) in [5.41, 5.74) is 37.9. The van der Waals surface area contributed by atoms with Crippen LogP contribution in [0.2, 0.25) is 0 Å². The van der Waals surface area contributed by atoms with Gasteiger partial charge in [0.15, 0.2) is 52.4 Å². The molecule has 144 heavy (non-hydrogen) atoms. The van der Waals surface area contributed by atoms with Gasteiger partial charge in [0.05, 0.1) is 5.69 Å². The maximum absolute atomic E-state index is 5.10. The highest BCUT2D eigenvalue weighted by Crippen LogP contribution is 2.59. The molecular formula is C134H110N10. The first-order valence-corrected chi connectivity index (χ1v) is 49.7. The molecule has 0 unspecified atom stereocenters. The molecule has 696 valence electrons. The minimum Gasteiger partial charge on any atom is -0.255 e. The van der Waals surface area contributed by atoms with Gasteiger partial charge in [-0.05, 0) is 209 Å². The van der Waals surface area contributed by atoms with Crippen molar-refractivity contribution in [3.05, 3.63) is 482 Å². The summed E-state index contributed by atoms with van der Waals surface area (Å²) in [6.07, 6.45) is 1.87. The third kappa shape index (κ3) is 17.1. The Morgan fingerprint density at radius 3 is 0.715 bits per heavy atom. The first kappa shape index (κ1) is 92.0. The van der Waals surface area contributed by atoms with E-state index in [0.717, 1.165) is 72.5 Å². The van der Waals surface area contributed by atoms with Crippen molar-refractivity contribution in [2.24, 2.45) is 0 Å². The number of hydrogen-bond acceptors (Lipinski definition) is 10. The van der Waals surface area contributed by atoms with E-state index in [1.165, 1.54) is 111 Å². The van der Waals surface area contributed by atoms with Crippen LogP contribution in [0.15, 0.2) is 449 Å². The number of rotatable bonds is 15. The minimum atomic E-state index is -0.155. The van der Waals surface area contributed by atoms with Crippen LogP contribution in [0.3, 0.4) is 0 Å². The van der Waals surface area contributed by atoms with Gasteiger partial charge in [-0.25, -0.2) is 44.9 Å². The highest BCUT2D eigenvalue weighted by Gasteiger charge is 2.49. The van der Waals surface area contributed by atoms with Gasteiger partial charge in [-0.1, -0.05) is 471 Å². The monoisotopic (exact) mass is 1860 g/mol. The molecule has 0 bridgehead atoms. The van der Waals surface area contributed by atoms with Gasteiger partial charge in [-0.3, -0.25) is 4.98 Å². The molecular weight excluding hydrogens is 1750 g/mol. The predicted molar refractivity (Wildman–Crippen MR) is 593 cm³/mol. The molecule has 0 spiro atoms. The Morgan fingerprint density at radius 1 is 0.125 bits per heavy atom. The van der Waals surface area contributed by atoms with Gasteiger partial charge in [0, 0.05) is 61.8 Å². The van der Waals surface area contributed by atoms with Crippen molar-refractivity contribution >= 4 is 0 Å². The molecule has 0 N–H and O–H groups in total. The van der Waals surface area contributed by atoms with Crippen LogP contribution in [-0.2, 0) is 32.5 Å². The van der Waals surface area contributed by atoms with E-state index in [1.807, 2.05) is 140 Å². The molecule has 3 aliphatic rings. The summed E-state index contributed by atoms with van der Waals surface area (Å²) in [7, 11) is 0. The normalized spacial score (nSPS) is 14.2. The average Bonchev–Trinajstić information content (AvgIpc) is 0.715. The lowest BCUT2D eigenvalue weighted by Gasteiger charge is -2.48. The number of aromatic nitrogens is 10. The zero-order valence-electron chi connectivity index (χ0n) is 83.2. The Hall–Kier alpha value is -17.1. The van der Waals surface area contributed by atoms with E-state index in [9.17, 15) is 0 Å². The van der Waals surface area contributed by atoms with E-state index >= 15 is 0 Å². The molecule has 0 radical (unpaired) electrons. The summed E-state index contributed by atoms with van der Waals surface area (Å²) in [5, 5.41) is 0. The summed E-state index contributed by atoms with van der Waals surface area (Å²) in [5.74, 6) is 5.88. The predicted octanol–water partition coefficient (Wildman–Crippen LogP) is 33.7. The zero-order chi connectivity index (χ0) is 98.6. The largest absolute Gasteiger partial charge is 0.255 e. The summed E-state index contributed by atoms with van der Waals surface area (Å²) in [6.45, 7) is 28.5. The standard InChI is InChI=1S/C51H41N3.C45H37N3.C38H32N4/c1-50(2)45-30-28-39(38-24-16-23-37(31-38)34-17-8-5-9-18-34)32-44(45)42-29-27-40(33-46(42)51(50,3)4)41-25-14-15-26-43(41)49-53-47(35-19-10-6-11-20-35)52-48(54-49)36-21-12-7-13-22-36;1-44(2)39-26-24-35(34-22-14-21-33(27-34)30-15-8-5-9-16-30)28-38(39)37-25-23-36(29-40(37)45(44,3)4)43-47-41(31-17-10-6-11-18-31)46-42(48-43)32-19-12-7-13-20-32;1-37(2)31-18-12-11-17-29(31)30-21-19-27(23-32(30)38(37,3)4)33-22-20-28(24-39-33)36-41-34(25-13-7-5-8-14-25)40-35(42-36)26-15-9-6-10-16-26/h5-33H,1-4H3;5-29H,1-4H3;5-24H,1-4H3. The van der Waals surface area contributed by atoms with Crippen LogP contribution in [-0.4, -0.2) is 49.8 Å². The van der Waals surface area contributed by atoms with Crippen molar-refractivity contribution < 1.29 is 0 Å². The second-order valence-electron chi connectivity index (χ2n) is 41.1. The fourth-order valence-electron chi connectivity index (χ4n) is 21.1. The van der Waals surface area contributed by atoms with Gasteiger partial charge in [0.2, 0.25) is 0 Å². The molecule has 10 heteroatoms. The second kappa shape index (κ2) is 37.5. The molecule has 0 saturated carbocycles. The molecule has 21 aromatic rings. The fourth-order valence-corrected chi connectivity index (χ4v) is 21.1. The van der Waals surface area contributed by atoms with Crippen molar-refractivity contribution in [1.82, 2.24) is 49.8 Å². The third-order valence-electron chi connectivity index (χ3n) is 31.4. The number of hydrogen-bond donors (Lipinski definition) is 0. The van der Waals surface area contributed by atoms with Crippen LogP contribution in [0.5, 0.6) is 0 Å². The maximum Gasteiger partial charge on any atom is 0.165 e. The molecule has 4 heterocycles. The van der Waals surface area contributed by atoms with Crippen molar-refractivity contribution in [3.63, 3.8) is 0 Å². The van der Waals surface area contributed by atoms with Crippen LogP contribution >= 0.6 is 0 Å². The van der Waals surface area contributed by atoms with Gasteiger partial charge in [-0.2, -0.15) is 0 Å². The molecule has 17 aromatic carbocycles. The van der Waals surface area contributed by atoms with Gasteiger partial charge in [0.25, 0.3) is 0 Å². The number of nitrogens with zero attached hydrogens (tertiary/aromatic N) is 10.